The molecule has 0 saturated carbocycles. The van der Waals surface area contributed by atoms with Crippen molar-refractivity contribution in [3.05, 3.63) is 42.0 Å². The molecule has 2 atom stereocenters. The number of aliphatic imine (C=N–C) groups is 1. The average Bonchev–Trinajstić information content (AvgIpc) is 2.73. The van der Waals surface area contributed by atoms with E-state index in [1.54, 1.807) is 19.8 Å². The number of ether oxygens (including phenoxy) is 2. The van der Waals surface area contributed by atoms with Gasteiger partial charge in [0.1, 0.15) is 0 Å². The Morgan fingerprint density at radius 2 is 1.89 bits per heavy atom. The van der Waals surface area contributed by atoms with Crippen molar-refractivity contribution in [2.45, 2.75) is 25.3 Å². The predicted molar refractivity (Wildman–Crippen MR) is 114 cm³/mol. The molecule has 28 heavy (non-hydrogen) atoms. The fourth-order valence-electron chi connectivity index (χ4n) is 4.70. The summed E-state index contributed by atoms with van der Waals surface area (Å²) >= 11 is 0. The van der Waals surface area contributed by atoms with E-state index in [9.17, 15) is 0 Å². The van der Waals surface area contributed by atoms with Gasteiger partial charge >= 0.3 is 0 Å². The second kappa shape index (κ2) is 8.50. The quantitative estimate of drug-likeness (QED) is 0.810. The number of hydrogen-bond acceptors (Lipinski definition) is 5. The van der Waals surface area contributed by atoms with Gasteiger partial charge in [-0.15, -0.1) is 0 Å². The van der Waals surface area contributed by atoms with Gasteiger partial charge in [-0.3, -0.25) is 4.99 Å². The van der Waals surface area contributed by atoms with Crippen LogP contribution in [-0.2, 0) is 0 Å². The first-order chi connectivity index (χ1) is 13.7. The molecule has 2 unspecified atom stereocenters. The molecule has 1 aromatic rings. The lowest BCUT2D eigenvalue weighted by atomic mass is 9.74. The predicted octanol–water partition coefficient (Wildman–Crippen LogP) is 3.59. The summed E-state index contributed by atoms with van der Waals surface area (Å²) in [5.41, 5.74) is 3.67. The highest BCUT2D eigenvalue weighted by atomic mass is 16.5. The van der Waals surface area contributed by atoms with Crippen LogP contribution in [0.5, 0.6) is 11.5 Å². The third kappa shape index (κ3) is 4.01. The normalized spacial score (nSPS) is 27.4. The number of likely N-dealkylation sites (tertiary alicyclic amines) is 1. The molecule has 2 heterocycles. The molecule has 150 valence electrons. The summed E-state index contributed by atoms with van der Waals surface area (Å²) in [5, 5.41) is 3.69. The van der Waals surface area contributed by atoms with Gasteiger partial charge in [-0.25, -0.2) is 0 Å². The minimum Gasteiger partial charge on any atom is -0.493 e. The Hall–Kier alpha value is -2.11. The number of fused-ring (bicyclic) bond motifs is 1. The fourth-order valence-corrected chi connectivity index (χ4v) is 4.70. The van der Waals surface area contributed by atoms with E-state index < -0.39 is 0 Å². The van der Waals surface area contributed by atoms with Crippen LogP contribution in [0.4, 0.5) is 5.69 Å². The van der Waals surface area contributed by atoms with Crippen molar-refractivity contribution in [1.82, 2.24) is 10.2 Å². The highest BCUT2D eigenvalue weighted by molar-refractivity contribution is 5.98. The molecular formula is C23H31N3O2. The standard InChI is InChI=1S/C23H31N3O2/c1-26-12-9-16(10-13-26)19-8-11-24-21-14-17(4-6-20(19)21)25-18-5-7-22(27-2)23(15-18)28-3/h4-8,15-16,20-21,24H,9-14H2,1-3H3. The molecule has 1 fully saturated rings. The highest BCUT2D eigenvalue weighted by Crippen LogP contribution is 2.37. The molecule has 1 saturated heterocycles. The Morgan fingerprint density at radius 3 is 2.64 bits per heavy atom. The van der Waals surface area contributed by atoms with Crippen LogP contribution in [0.2, 0.25) is 0 Å². The zero-order valence-electron chi connectivity index (χ0n) is 17.1. The minimum absolute atomic E-state index is 0.448. The summed E-state index contributed by atoms with van der Waals surface area (Å²) in [6, 6.07) is 6.27. The molecule has 1 aliphatic carbocycles. The minimum atomic E-state index is 0.448. The zero-order valence-corrected chi connectivity index (χ0v) is 17.1. The molecule has 5 nitrogen and oxygen atoms in total. The Balaban J connectivity index is 1.51. The van der Waals surface area contributed by atoms with Gasteiger partial charge in [0.15, 0.2) is 11.5 Å². The molecule has 0 bridgehead atoms. The van der Waals surface area contributed by atoms with Crippen molar-refractivity contribution in [1.29, 1.82) is 0 Å². The molecule has 4 rings (SSSR count). The SMILES string of the molecule is COc1ccc(N=C2C=CC3C(C4CCN(C)CC4)=CCNC3C2)cc1OC. The van der Waals surface area contributed by atoms with E-state index in [1.807, 2.05) is 18.2 Å². The van der Waals surface area contributed by atoms with Crippen molar-refractivity contribution in [3.8, 4) is 11.5 Å². The lowest BCUT2D eigenvalue weighted by Crippen LogP contribution is -2.45. The van der Waals surface area contributed by atoms with Gasteiger partial charge in [0.25, 0.3) is 0 Å². The molecule has 0 radical (unpaired) electrons. The number of rotatable bonds is 4. The van der Waals surface area contributed by atoms with Gasteiger partial charge in [0.05, 0.1) is 19.9 Å². The van der Waals surface area contributed by atoms with Crippen molar-refractivity contribution in [3.63, 3.8) is 0 Å². The van der Waals surface area contributed by atoms with Crippen LogP contribution < -0.4 is 14.8 Å². The van der Waals surface area contributed by atoms with Gasteiger partial charge in [-0.05, 0) is 57.1 Å². The first kappa shape index (κ1) is 19.2. The van der Waals surface area contributed by atoms with Crippen LogP contribution in [0.15, 0.2) is 47.0 Å². The van der Waals surface area contributed by atoms with Crippen LogP contribution >= 0.6 is 0 Å². The molecule has 2 aliphatic heterocycles. The summed E-state index contributed by atoms with van der Waals surface area (Å²) in [7, 11) is 5.54. The van der Waals surface area contributed by atoms with Gasteiger partial charge in [0, 0.05) is 36.7 Å². The van der Waals surface area contributed by atoms with Gasteiger partial charge < -0.3 is 19.7 Å². The van der Waals surface area contributed by atoms with Crippen LogP contribution in [0.25, 0.3) is 0 Å². The van der Waals surface area contributed by atoms with Crippen LogP contribution in [0.1, 0.15) is 19.3 Å². The van der Waals surface area contributed by atoms with E-state index in [-0.39, 0.29) is 0 Å². The van der Waals surface area contributed by atoms with Crippen LogP contribution in [0.3, 0.4) is 0 Å². The Labute approximate surface area is 168 Å². The highest BCUT2D eigenvalue weighted by Gasteiger charge is 2.33. The largest absolute Gasteiger partial charge is 0.493 e. The summed E-state index contributed by atoms with van der Waals surface area (Å²) in [4.78, 5) is 7.31. The van der Waals surface area contributed by atoms with Crippen LogP contribution in [0, 0.1) is 11.8 Å². The van der Waals surface area contributed by atoms with Crippen molar-refractivity contribution >= 4 is 11.4 Å². The smallest absolute Gasteiger partial charge is 0.162 e. The first-order valence-electron chi connectivity index (χ1n) is 10.3. The molecule has 1 N–H and O–H groups in total. The van der Waals surface area contributed by atoms with Crippen molar-refractivity contribution < 1.29 is 9.47 Å². The van der Waals surface area contributed by atoms with Crippen molar-refractivity contribution in [2.24, 2.45) is 16.8 Å². The van der Waals surface area contributed by atoms with E-state index >= 15 is 0 Å². The van der Waals surface area contributed by atoms with Gasteiger partial charge in [-0.1, -0.05) is 17.7 Å². The number of nitrogens with one attached hydrogen (secondary N) is 1. The van der Waals surface area contributed by atoms with Crippen molar-refractivity contribution in [2.75, 3.05) is 40.9 Å². The van der Waals surface area contributed by atoms with E-state index in [0.29, 0.717) is 17.7 Å². The number of hydrogen-bond donors (Lipinski definition) is 1. The first-order valence-corrected chi connectivity index (χ1v) is 10.3. The Kier molecular flexibility index (Phi) is 5.83. The molecule has 1 aromatic carbocycles. The monoisotopic (exact) mass is 381 g/mol. The zero-order chi connectivity index (χ0) is 19.5. The average molecular weight is 382 g/mol. The van der Waals surface area contributed by atoms with E-state index in [4.69, 9.17) is 14.5 Å². The summed E-state index contributed by atoms with van der Waals surface area (Å²) < 4.78 is 10.7. The van der Waals surface area contributed by atoms with E-state index in [1.165, 1.54) is 25.9 Å². The second-order valence-corrected chi connectivity index (χ2v) is 8.03. The Bertz CT molecular complexity index is 791. The molecule has 5 heteroatoms. The summed E-state index contributed by atoms with van der Waals surface area (Å²) in [6.07, 6.45) is 10.5. The number of piperidine rings is 1. The maximum Gasteiger partial charge on any atom is 0.162 e. The molecule has 0 amide bonds. The fraction of sp³-hybridized carbons (Fsp3) is 0.522. The second-order valence-electron chi connectivity index (χ2n) is 8.03. The van der Waals surface area contributed by atoms with Gasteiger partial charge in [-0.2, -0.15) is 0 Å². The third-order valence-corrected chi connectivity index (χ3v) is 6.29. The lowest BCUT2D eigenvalue weighted by molar-refractivity contribution is 0.226. The lowest BCUT2D eigenvalue weighted by Gasteiger charge is -2.40. The van der Waals surface area contributed by atoms with E-state index in [2.05, 4.69) is 35.5 Å². The maximum absolute atomic E-state index is 5.41. The summed E-state index contributed by atoms with van der Waals surface area (Å²) in [6.45, 7) is 3.39. The van der Waals surface area contributed by atoms with Gasteiger partial charge in [0.2, 0.25) is 0 Å². The number of methoxy groups -OCH3 is 2. The Morgan fingerprint density at radius 1 is 1.11 bits per heavy atom. The summed E-state index contributed by atoms with van der Waals surface area (Å²) in [5.74, 6) is 2.68. The number of benzene rings is 1. The molecule has 0 spiro atoms. The molecular weight excluding hydrogens is 350 g/mol. The number of allylic oxidation sites excluding steroid dienone is 1. The maximum atomic E-state index is 5.41. The third-order valence-electron chi connectivity index (χ3n) is 6.29. The molecule has 0 aromatic heterocycles. The number of nitrogens with zero attached hydrogens (tertiary/aromatic N) is 2. The topological polar surface area (TPSA) is 46.1 Å². The van der Waals surface area contributed by atoms with Crippen LogP contribution in [-0.4, -0.2) is 57.6 Å². The van der Waals surface area contributed by atoms with E-state index in [0.717, 1.165) is 36.0 Å². The molecule has 3 aliphatic rings.